The summed E-state index contributed by atoms with van der Waals surface area (Å²) < 4.78 is 1.71. The van der Waals surface area contributed by atoms with E-state index in [9.17, 15) is 4.79 Å². The lowest BCUT2D eigenvalue weighted by molar-refractivity contribution is -0.114. The van der Waals surface area contributed by atoms with Gasteiger partial charge < -0.3 is 4.57 Å². The van der Waals surface area contributed by atoms with E-state index in [4.69, 9.17) is 0 Å². The van der Waals surface area contributed by atoms with Crippen LogP contribution in [0, 0.1) is 0 Å². The zero-order valence-electron chi connectivity index (χ0n) is 11.0. The fraction of sp³-hybridized carbons (Fsp3) is 0.214. The lowest BCUT2D eigenvalue weighted by Crippen LogP contribution is -1.96. The first kappa shape index (κ1) is 14.9. The molecule has 20 heavy (non-hydrogen) atoms. The minimum Gasteiger partial charge on any atom is -0.312 e. The van der Waals surface area contributed by atoms with Gasteiger partial charge in [-0.3, -0.25) is 9.78 Å². The van der Waals surface area contributed by atoms with Crippen molar-refractivity contribution < 1.29 is 4.79 Å². The quantitative estimate of drug-likeness (QED) is 0.659. The van der Waals surface area contributed by atoms with Crippen LogP contribution in [0.3, 0.4) is 0 Å². The summed E-state index contributed by atoms with van der Waals surface area (Å²) in [7, 11) is 0. The number of aromatic nitrogens is 3. The SMILES string of the molecule is CCC(=O)/C(S)=C/n1cnc(C(S)c2cccnc2)c1. The fourth-order valence-electron chi connectivity index (χ4n) is 1.67. The van der Waals surface area contributed by atoms with E-state index in [1.54, 1.807) is 36.4 Å². The number of allylic oxidation sites excluding steroid dienone is 1. The van der Waals surface area contributed by atoms with Gasteiger partial charge in [0.05, 0.1) is 22.2 Å². The highest BCUT2D eigenvalue weighted by atomic mass is 32.1. The summed E-state index contributed by atoms with van der Waals surface area (Å²) in [6, 6.07) is 3.81. The zero-order chi connectivity index (χ0) is 14.5. The molecule has 104 valence electrons. The van der Waals surface area contributed by atoms with E-state index < -0.39 is 0 Å². The van der Waals surface area contributed by atoms with Crippen LogP contribution in [0.25, 0.3) is 6.20 Å². The first-order valence-electron chi connectivity index (χ1n) is 6.17. The predicted molar refractivity (Wildman–Crippen MR) is 85.9 cm³/mol. The standard InChI is InChI=1S/C14H15N3OS2/c1-2-12(18)13(19)8-17-7-11(16-9-17)14(20)10-4-3-5-15-6-10/h3-9,14,19-20H,2H2,1H3/b13-8-. The third-order valence-corrected chi connectivity index (χ3v) is 3.71. The Morgan fingerprint density at radius 1 is 1.55 bits per heavy atom. The summed E-state index contributed by atoms with van der Waals surface area (Å²) in [4.78, 5) is 20.3. The van der Waals surface area contributed by atoms with Crippen molar-refractivity contribution in [1.82, 2.24) is 14.5 Å². The van der Waals surface area contributed by atoms with Gasteiger partial charge in [-0.1, -0.05) is 13.0 Å². The summed E-state index contributed by atoms with van der Waals surface area (Å²) in [5.74, 6) is -0.00161. The van der Waals surface area contributed by atoms with Gasteiger partial charge in [0.15, 0.2) is 5.78 Å². The molecule has 0 aliphatic rings. The Morgan fingerprint density at radius 2 is 2.35 bits per heavy atom. The molecule has 4 nitrogen and oxygen atoms in total. The second-order valence-corrected chi connectivity index (χ2v) is 5.22. The van der Waals surface area contributed by atoms with E-state index in [0.717, 1.165) is 11.3 Å². The number of pyridine rings is 1. The number of rotatable bonds is 5. The second-order valence-electron chi connectivity index (χ2n) is 4.23. The minimum atomic E-state index is -0.149. The van der Waals surface area contributed by atoms with Gasteiger partial charge in [-0.15, -0.1) is 12.6 Å². The monoisotopic (exact) mass is 305 g/mol. The minimum absolute atomic E-state index is 0.00161. The number of carbonyl (C=O) groups excluding carboxylic acids is 1. The molecular formula is C14H15N3OS2. The molecule has 1 unspecified atom stereocenters. The molecule has 0 aliphatic heterocycles. The number of thiol groups is 2. The Hall–Kier alpha value is -1.53. The zero-order valence-corrected chi connectivity index (χ0v) is 12.8. The number of hydrogen-bond acceptors (Lipinski definition) is 5. The van der Waals surface area contributed by atoms with Crippen LogP contribution in [0.1, 0.15) is 29.9 Å². The van der Waals surface area contributed by atoms with Gasteiger partial charge in [-0.2, -0.15) is 12.6 Å². The maximum absolute atomic E-state index is 11.5. The molecule has 0 saturated carbocycles. The van der Waals surface area contributed by atoms with E-state index in [1.165, 1.54) is 0 Å². The van der Waals surface area contributed by atoms with E-state index in [2.05, 4.69) is 35.2 Å². The Bertz CT molecular complexity index is 622. The van der Waals surface area contributed by atoms with Crippen LogP contribution in [0.15, 0.2) is 42.0 Å². The number of Topliss-reactive ketones (excluding diaryl/α,β-unsaturated/α-hetero) is 1. The normalized spacial score (nSPS) is 13.2. The molecule has 2 heterocycles. The Labute approximate surface area is 128 Å². The lowest BCUT2D eigenvalue weighted by atomic mass is 10.1. The lowest BCUT2D eigenvalue weighted by Gasteiger charge is -2.06. The van der Waals surface area contributed by atoms with E-state index in [1.807, 2.05) is 18.3 Å². The Kier molecular flexibility index (Phi) is 5.03. The van der Waals surface area contributed by atoms with Gasteiger partial charge in [-0.25, -0.2) is 4.98 Å². The molecule has 0 fully saturated rings. The van der Waals surface area contributed by atoms with Gasteiger partial charge in [0.25, 0.3) is 0 Å². The molecule has 6 heteroatoms. The summed E-state index contributed by atoms with van der Waals surface area (Å²) >= 11 is 8.73. The largest absolute Gasteiger partial charge is 0.312 e. The number of ketones is 1. The average Bonchev–Trinajstić information content (AvgIpc) is 2.94. The molecule has 2 aromatic rings. The molecule has 2 rings (SSSR count). The van der Waals surface area contributed by atoms with Gasteiger partial charge in [0, 0.05) is 31.2 Å². The van der Waals surface area contributed by atoms with Crippen molar-refractivity contribution in [2.45, 2.75) is 18.6 Å². The molecule has 1 atom stereocenters. The number of hydrogen-bond donors (Lipinski definition) is 2. The molecule has 0 saturated heterocycles. The highest BCUT2D eigenvalue weighted by molar-refractivity contribution is 7.85. The average molecular weight is 305 g/mol. The van der Waals surface area contributed by atoms with Crippen molar-refractivity contribution in [3.8, 4) is 0 Å². The molecule has 0 spiro atoms. The molecule has 0 aromatic carbocycles. The second kappa shape index (κ2) is 6.76. The maximum atomic E-state index is 11.5. The van der Waals surface area contributed by atoms with Gasteiger partial charge in [-0.05, 0) is 11.6 Å². The summed E-state index contributed by atoms with van der Waals surface area (Å²) in [6.07, 6.45) is 9.01. The molecule has 0 radical (unpaired) electrons. The van der Waals surface area contributed by atoms with Crippen molar-refractivity contribution in [2.75, 3.05) is 0 Å². The van der Waals surface area contributed by atoms with Crippen molar-refractivity contribution in [1.29, 1.82) is 0 Å². The van der Waals surface area contributed by atoms with Crippen molar-refractivity contribution in [3.63, 3.8) is 0 Å². The van der Waals surface area contributed by atoms with E-state index in [-0.39, 0.29) is 11.0 Å². The molecular weight excluding hydrogens is 290 g/mol. The van der Waals surface area contributed by atoms with Crippen LogP contribution in [0.5, 0.6) is 0 Å². The van der Waals surface area contributed by atoms with Gasteiger partial charge >= 0.3 is 0 Å². The molecule has 2 aromatic heterocycles. The van der Waals surface area contributed by atoms with Crippen molar-refractivity contribution in [2.24, 2.45) is 0 Å². The predicted octanol–water partition coefficient (Wildman–Crippen LogP) is 3.00. The summed E-state index contributed by atoms with van der Waals surface area (Å²) in [5, 5.41) is -0.149. The van der Waals surface area contributed by atoms with Gasteiger partial charge in [0.2, 0.25) is 0 Å². The van der Waals surface area contributed by atoms with Crippen LogP contribution >= 0.6 is 25.3 Å². The smallest absolute Gasteiger partial charge is 0.170 e. The highest BCUT2D eigenvalue weighted by Gasteiger charge is 2.12. The third kappa shape index (κ3) is 3.52. The Morgan fingerprint density at radius 3 is 3.00 bits per heavy atom. The molecule has 0 amide bonds. The van der Waals surface area contributed by atoms with Crippen LogP contribution in [-0.2, 0) is 4.79 Å². The fourth-order valence-corrected chi connectivity index (χ4v) is 2.24. The first-order chi connectivity index (χ1) is 9.61. The van der Waals surface area contributed by atoms with Gasteiger partial charge in [0.1, 0.15) is 0 Å². The number of imidazole rings is 1. The maximum Gasteiger partial charge on any atom is 0.170 e. The molecule has 0 bridgehead atoms. The van der Waals surface area contributed by atoms with Crippen LogP contribution in [0.4, 0.5) is 0 Å². The van der Waals surface area contributed by atoms with Crippen molar-refractivity contribution >= 4 is 37.2 Å². The first-order valence-corrected chi connectivity index (χ1v) is 7.13. The molecule has 0 N–H and O–H groups in total. The van der Waals surface area contributed by atoms with E-state index in [0.29, 0.717) is 11.3 Å². The third-order valence-electron chi connectivity index (χ3n) is 2.78. The Balaban J connectivity index is 2.19. The molecule has 0 aliphatic carbocycles. The van der Waals surface area contributed by atoms with Crippen LogP contribution in [0.2, 0.25) is 0 Å². The van der Waals surface area contributed by atoms with Crippen LogP contribution in [-0.4, -0.2) is 20.3 Å². The highest BCUT2D eigenvalue weighted by Crippen LogP contribution is 2.26. The summed E-state index contributed by atoms with van der Waals surface area (Å²) in [5.41, 5.74) is 1.77. The number of carbonyl (C=O) groups is 1. The van der Waals surface area contributed by atoms with E-state index >= 15 is 0 Å². The van der Waals surface area contributed by atoms with Crippen LogP contribution < -0.4 is 0 Å². The summed E-state index contributed by atoms with van der Waals surface area (Å²) in [6.45, 7) is 1.80. The number of nitrogens with zero attached hydrogens (tertiary/aromatic N) is 3. The topological polar surface area (TPSA) is 47.8 Å². The van der Waals surface area contributed by atoms with Crippen molar-refractivity contribution in [3.05, 3.63) is 53.2 Å².